The quantitative estimate of drug-likeness (QED) is 0.642. The first kappa shape index (κ1) is 14.3. The van der Waals surface area contributed by atoms with Gasteiger partial charge in [0.2, 0.25) is 0 Å². The van der Waals surface area contributed by atoms with Crippen molar-refractivity contribution in [3.05, 3.63) is 22.4 Å². The average molecular weight is 281 g/mol. The summed E-state index contributed by atoms with van der Waals surface area (Å²) in [5.74, 6) is 0.514. The molecule has 1 atom stereocenters. The molecule has 1 aliphatic heterocycles. The molecule has 19 heavy (non-hydrogen) atoms. The Morgan fingerprint density at radius 1 is 1.63 bits per heavy atom. The van der Waals surface area contributed by atoms with E-state index >= 15 is 0 Å². The minimum absolute atomic E-state index is 0.0321. The van der Waals surface area contributed by atoms with Crippen LogP contribution in [-0.2, 0) is 10.2 Å². The lowest BCUT2D eigenvalue weighted by Crippen LogP contribution is -2.38. The Kier molecular flexibility index (Phi) is 4.82. The highest BCUT2D eigenvalue weighted by atomic mass is 32.1. The van der Waals surface area contributed by atoms with Crippen LogP contribution in [0.4, 0.5) is 0 Å². The van der Waals surface area contributed by atoms with Crippen LogP contribution in [0.3, 0.4) is 0 Å². The van der Waals surface area contributed by atoms with Crippen LogP contribution < -0.4 is 11.1 Å². The summed E-state index contributed by atoms with van der Waals surface area (Å²) < 4.78 is 5.54. The molecule has 1 saturated heterocycles. The Bertz CT molecular complexity index is 408. The fourth-order valence-corrected chi connectivity index (χ4v) is 2.95. The summed E-state index contributed by atoms with van der Waals surface area (Å²) in [6.07, 6.45) is 2.55. The summed E-state index contributed by atoms with van der Waals surface area (Å²) >= 11 is 1.76. The van der Waals surface area contributed by atoms with Crippen molar-refractivity contribution >= 4 is 17.3 Å². The second-order valence-corrected chi connectivity index (χ2v) is 6.53. The fourth-order valence-electron chi connectivity index (χ4n) is 2.10. The van der Waals surface area contributed by atoms with Crippen LogP contribution in [-0.4, -0.2) is 31.8 Å². The smallest absolute Gasteiger partial charge is 0.188 e. The van der Waals surface area contributed by atoms with Crippen LogP contribution >= 0.6 is 11.3 Å². The molecule has 1 aromatic heterocycles. The van der Waals surface area contributed by atoms with Gasteiger partial charge in [-0.2, -0.15) is 0 Å². The second kappa shape index (κ2) is 6.39. The van der Waals surface area contributed by atoms with E-state index in [1.807, 2.05) is 0 Å². The number of ether oxygens (including phenoxy) is 1. The molecule has 0 radical (unpaired) electrons. The number of guanidine groups is 1. The lowest BCUT2D eigenvalue weighted by atomic mass is 9.92. The molecule has 2 heterocycles. The van der Waals surface area contributed by atoms with E-state index < -0.39 is 0 Å². The molecule has 4 nitrogen and oxygen atoms in total. The molecular formula is C14H23N3OS. The van der Waals surface area contributed by atoms with E-state index in [0.717, 1.165) is 26.0 Å². The lowest BCUT2D eigenvalue weighted by molar-refractivity contribution is 0.114. The van der Waals surface area contributed by atoms with Gasteiger partial charge in [0.25, 0.3) is 0 Å². The first-order valence-electron chi connectivity index (χ1n) is 6.77. The Morgan fingerprint density at radius 2 is 2.47 bits per heavy atom. The van der Waals surface area contributed by atoms with Crippen molar-refractivity contribution in [3.63, 3.8) is 0 Å². The zero-order valence-electron chi connectivity index (χ0n) is 11.7. The van der Waals surface area contributed by atoms with Gasteiger partial charge in [0.15, 0.2) is 5.96 Å². The summed E-state index contributed by atoms with van der Waals surface area (Å²) in [6, 6.07) is 4.22. The van der Waals surface area contributed by atoms with Gasteiger partial charge < -0.3 is 15.8 Å². The Labute approximate surface area is 119 Å². The van der Waals surface area contributed by atoms with E-state index in [0.29, 0.717) is 18.6 Å². The minimum atomic E-state index is 0.0321. The summed E-state index contributed by atoms with van der Waals surface area (Å²) in [5.41, 5.74) is 5.93. The number of nitrogens with one attached hydrogen (secondary N) is 1. The number of nitrogens with two attached hydrogens (primary N) is 1. The zero-order chi connectivity index (χ0) is 13.7. The first-order valence-corrected chi connectivity index (χ1v) is 7.65. The molecular weight excluding hydrogens is 258 g/mol. The molecule has 3 N–H and O–H groups in total. The second-order valence-electron chi connectivity index (χ2n) is 5.58. The van der Waals surface area contributed by atoms with Crippen molar-refractivity contribution < 1.29 is 4.74 Å². The molecule has 0 aliphatic carbocycles. The van der Waals surface area contributed by atoms with Gasteiger partial charge in [0.1, 0.15) is 0 Å². The Morgan fingerprint density at radius 3 is 3.11 bits per heavy atom. The third-order valence-electron chi connectivity index (χ3n) is 3.37. The first-order chi connectivity index (χ1) is 9.08. The van der Waals surface area contributed by atoms with Gasteiger partial charge in [-0.15, -0.1) is 11.3 Å². The van der Waals surface area contributed by atoms with Crippen LogP contribution in [0.15, 0.2) is 22.5 Å². The molecule has 0 bridgehead atoms. The summed E-state index contributed by atoms with van der Waals surface area (Å²) in [6.45, 7) is 6.70. The van der Waals surface area contributed by atoms with Crippen LogP contribution in [0.5, 0.6) is 0 Å². The predicted octanol–water partition coefficient (Wildman–Crippen LogP) is 2.11. The monoisotopic (exact) mass is 281 g/mol. The fraction of sp³-hybridized carbons (Fsp3) is 0.643. The Balaban J connectivity index is 1.80. The molecule has 1 fully saturated rings. The highest BCUT2D eigenvalue weighted by Gasteiger charge is 2.21. The molecule has 2 rings (SSSR count). The van der Waals surface area contributed by atoms with Gasteiger partial charge >= 0.3 is 0 Å². The van der Waals surface area contributed by atoms with Crippen LogP contribution in [0.1, 0.15) is 31.6 Å². The largest absolute Gasteiger partial charge is 0.376 e. The van der Waals surface area contributed by atoms with Crippen molar-refractivity contribution in [2.45, 2.75) is 38.2 Å². The maximum atomic E-state index is 5.90. The van der Waals surface area contributed by atoms with Crippen molar-refractivity contribution in [2.24, 2.45) is 10.7 Å². The number of thiophene rings is 1. The molecule has 1 aromatic rings. The third kappa shape index (κ3) is 4.21. The number of aliphatic imine (C=N–C) groups is 1. The third-order valence-corrected chi connectivity index (χ3v) is 4.60. The number of hydrogen-bond donors (Lipinski definition) is 2. The highest BCUT2D eigenvalue weighted by molar-refractivity contribution is 7.10. The van der Waals surface area contributed by atoms with Gasteiger partial charge in [0, 0.05) is 23.4 Å². The minimum Gasteiger partial charge on any atom is -0.376 e. The van der Waals surface area contributed by atoms with Gasteiger partial charge in [-0.25, -0.2) is 0 Å². The Hall–Kier alpha value is -1.07. The molecule has 5 heteroatoms. The highest BCUT2D eigenvalue weighted by Crippen LogP contribution is 2.27. The van der Waals surface area contributed by atoms with E-state index in [1.165, 1.54) is 4.88 Å². The summed E-state index contributed by atoms with van der Waals surface area (Å²) in [5, 5.41) is 5.25. The average Bonchev–Trinajstić information content (AvgIpc) is 3.06. The van der Waals surface area contributed by atoms with Gasteiger partial charge in [-0.05, 0) is 24.3 Å². The normalized spacial score (nSPS) is 20.7. The van der Waals surface area contributed by atoms with Crippen LogP contribution in [0.2, 0.25) is 0 Å². The molecule has 1 unspecified atom stereocenters. The maximum absolute atomic E-state index is 5.90. The van der Waals surface area contributed by atoms with E-state index in [2.05, 4.69) is 41.7 Å². The van der Waals surface area contributed by atoms with Crippen LogP contribution in [0, 0.1) is 0 Å². The van der Waals surface area contributed by atoms with Crippen molar-refractivity contribution in [3.8, 4) is 0 Å². The summed E-state index contributed by atoms with van der Waals surface area (Å²) in [7, 11) is 0. The van der Waals surface area contributed by atoms with Crippen molar-refractivity contribution in [2.75, 3.05) is 19.7 Å². The van der Waals surface area contributed by atoms with Gasteiger partial charge in [-0.3, -0.25) is 4.99 Å². The molecule has 0 amide bonds. The molecule has 0 spiro atoms. The van der Waals surface area contributed by atoms with E-state index in [4.69, 9.17) is 10.5 Å². The van der Waals surface area contributed by atoms with E-state index in [9.17, 15) is 0 Å². The topological polar surface area (TPSA) is 59.6 Å². The lowest BCUT2D eigenvalue weighted by Gasteiger charge is -2.21. The molecule has 1 aliphatic rings. The van der Waals surface area contributed by atoms with Gasteiger partial charge in [-0.1, -0.05) is 19.9 Å². The van der Waals surface area contributed by atoms with Crippen molar-refractivity contribution in [1.82, 2.24) is 5.32 Å². The van der Waals surface area contributed by atoms with Crippen molar-refractivity contribution in [1.29, 1.82) is 0 Å². The van der Waals surface area contributed by atoms with E-state index in [-0.39, 0.29) is 5.41 Å². The van der Waals surface area contributed by atoms with Crippen LogP contribution in [0.25, 0.3) is 0 Å². The predicted molar refractivity (Wildman–Crippen MR) is 80.8 cm³/mol. The number of hydrogen-bond acceptors (Lipinski definition) is 3. The maximum Gasteiger partial charge on any atom is 0.188 e. The summed E-state index contributed by atoms with van der Waals surface area (Å²) in [4.78, 5) is 5.78. The molecule has 0 saturated carbocycles. The van der Waals surface area contributed by atoms with E-state index in [1.54, 1.807) is 11.3 Å². The number of nitrogens with zero attached hydrogens (tertiary/aromatic N) is 1. The van der Waals surface area contributed by atoms with Gasteiger partial charge in [0.05, 0.1) is 12.6 Å². The standard InChI is InChI=1S/C14H23N3OS/c1-14(2,12-6-4-8-19-12)10-17-13(15)16-9-11-5-3-7-18-11/h4,6,8,11H,3,5,7,9-10H2,1-2H3,(H3,15,16,17). The SMILES string of the molecule is CC(C)(CN=C(N)NCC1CCCO1)c1cccs1. The molecule has 0 aromatic carbocycles. The molecule has 106 valence electrons. The number of rotatable bonds is 5. The zero-order valence-corrected chi connectivity index (χ0v) is 12.5.